The number of hydrogen-bond acceptors (Lipinski definition) is 3. The zero-order valence-corrected chi connectivity index (χ0v) is 15.4. The summed E-state index contributed by atoms with van der Waals surface area (Å²) in [6.45, 7) is 4.13. The molecule has 0 aliphatic carbocycles. The zero-order valence-electron chi connectivity index (χ0n) is 13.8. The first-order chi connectivity index (χ1) is 11.3. The van der Waals surface area contributed by atoms with Crippen LogP contribution in [0.4, 0.5) is 16.2 Å². The molecular weight excluding hydrogens is 346 g/mol. The lowest BCUT2D eigenvalue weighted by atomic mass is 10.2. The number of anilines is 2. The standard InChI is InChI=1S/C17H20ClN3O2S/c1-11(2)16(22)19-12-5-4-6-13(9-12)20-17(23)21(3)10-14-7-8-15(18)24-14/h4-9,11H,10H2,1-3H3,(H,19,22)(H,20,23). The summed E-state index contributed by atoms with van der Waals surface area (Å²) < 4.78 is 0.701. The second-order valence-corrected chi connectivity index (χ2v) is 7.52. The van der Waals surface area contributed by atoms with Gasteiger partial charge in [-0.3, -0.25) is 4.79 Å². The fraction of sp³-hybridized carbons (Fsp3) is 0.294. The molecule has 0 radical (unpaired) electrons. The molecule has 0 aliphatic rings. The molecule has 2 aromatic rings. The molecule has 5 nitrogen and oxygen atoms in total. The maximum atomic E-state index is 12.3. The number of carbonyl (C=O) groups is 2. The van der Waals surface area contributed by atoms with E-state index < -0.39 is 0 Å². The van der Waals surface area contributed by atoms with E-state index in [9.17, 15) is 9.59 Å². The normalized spacial score (nSPS) is 10.5. The van der Waals surface area contributed by atoms with Crippen LogP contribution in [-0.2, 0) is 11.3 Å². The molecule has 3 amide bonds. The van der Waals surface area contributed by atoms with Gasteiger partial charge in [-0.15, -0.1) is 11.3 Å². The average molecular weight is 366 g/mol. The molecule has 1 aromatic heterocycles. The van der Waals surface area contributed by atoms with E-state index in [1.165, 1.54) is 11.3 Å². The number of nitrogens with one attached hydrogen (secondary N) is 2. The summed E-state index contributed by atoms with van der Waals surface area (Å²) in [6, 6.07) is 10.6. The Labute approximate surface area is 150 Å². The number of hydrogen-bond donors (Lipinski definition) is 2. The molecule has 0 saturated carbocycles. The maximum absolute atomic E-state index is 12.3. The van der Waals surface area contributed by atoms with Crippen LogP contribution >= 0.6 is 22.9 Å². The van der Waals surface area contributed by atoms with Gasteiger partial charge in [-0.25, -0.2) is 4.79 Å². The van der Waals surface area contributed by atoms with Crippen LogP contribution in [0.5, 0.6) is 0 Å². The molecule has 0 atom stereocenters. The first-order valence-electron chi connectivity index (χ1n) is 7.52. The molecule has 2 rings (SSSR count). The Morgan fingerprint density at radius 2 is 1.83 bits per heavy atom. The van der Waals surface area contributed by atoms with E-state index in [2.05, 4.69) is 10.6 Å². The van der Waals surface area contributed by atoms with Crippen LogP contribution in [0.15, 0.2) is 36.4 Å². The predicted octanol–water partition coefficient (Wildman–Crippen LogP) is 4.66. The predicted molar refractivity (Wildman–Crippen MR) is 99.7 cm³/mol. The van der Waals surface area contributed by atoms with Gasteiger partial charge in [0.25, 0.3) is 0 Å². The Morgan fingerprint density at radius 1 is 1.17 bits per heavy atom. The van der Waals surface area contributed by atoms with Crippen molar-refractivity contribution in [2.45, 2.75) is 20.4 Å². The Bertz CT molecular complexity index is 730. The molecular formula is C17H20ClN3O2S. The third-order valence-corrected chi connectivity index (χ3v) is 4.49. The summed E-state index contributed by atoms with van der Waals surface area (Å²) in [5.41, 5.74) is 1.27. The first-order valence-corrected chi connectivity index (χ1v) is 8.72. The van der Waals surface area contributed by atoms with Gasteiger partial charge < -0.3 is 15.5 Å². The largest absolute Gasteiger partial charge is 0.326 e. The van der Waals surface area contributed by atoms with Crippen molar-refractivity contribution in [1.29, 1.82) is 0 Å². The molecule has 0 fully saturated rings. The van der Waals surface area contributed by atoms with E-state index in [0.717, 1.165) is 4.88 Å². The van der Waals surface area contributed by atoms with Gasteiger partial charge >= 0.3 is 6.03 Å². The molecule has 0 spiro atoms. The number of carbonyl (C=O) groups excluding carboxylic acids is 2. The number of thiophene rings is 1. The van der Waals surface area contributed by atoms with Crippen molar-refractivity contribution >= 4 is 46.3 Å². The monoisotopic (exact) mass is 365 g/mol. The topological polar surface area (TPSA) is 61.4 Å². The molecule has 7 heteroatoms. The zero-order chi connectivity index (χ0) is 17.7. The fourth-order valence-electron chi connectivity index (χ4n) is 1.92. The Balaban J connectivity index is 1.96. The van der Waals surface area contributed by atoms with Crippen molar-refractivity contribution < 1.29 is 9.59 Å². The number of urea groups is 1. The summed E-state index contributed by atoms with van der Waals surface area (Å²) in [5, 5.41) is 5.63. The quantitative estimate of drug-likeness (QED) is 0.809. The minimum atomic E-state index is -0.230. The summed E-state index contributed by atoms with van der Waals surface area (Å²) >= 11 is 7.35. The smallest absolute Gasteiger partial charge is 0.321 e. The van der Waals surface area contributed by atoms with Crippen LogP contribution in [0.25, 0.3) is 0 Å². The molecule has 1 aromatic carbocycles. The summed E-state index contributed by atoms with van der Waals surface area (Å²) in [7, 11) is 1.72. The molecule has 0 aliphatic heterocycles. The van der Waals surface area contributed by atoms with Crippen molar-refractivity contribution in [3.63, 3.8) is 0 Å². The highest BCUT2D eigenvalue weighted by Gasteiger charge is 2.12. The van der Waals surface area contributed by atoms with Gasteiger partial charge in [-0.2, -0.15) is 0 Å². The van der Waals surface area contributed by atoms with Crippen LogP contribution in [-0.4, -0.2) is 23.9 Å². The molecule has 0 unspecified atom stereocenters. The second kappa shape index (κ2) is 8.17. The maximum Gasteiger partial charge on any atom is 0.321 e. The van der Waals surface area contributed by atoms with Gasteiger partial charge in [0.05, 0.1) is 10.9 Å². The van der Waals surface area contributed by atoms with E-state index >= 15 is 0 Å². The van der Waals surface area contributed by atoms with E-state index in [1.54, 1.807) is 36.2 Å². The average Bonchev–Trinajstić information content (AvgIpc) is 2.92. The van der Waals surface area contributed by atoms with Gasteiger partial charge in [0, 0.05) is 29.2 Å². The fourth-order valence-corrected chi connectivity index (χ4v) is 3.06. The van der Waals surface area contributed by atoms with E-state index in [0.29, 0.717) is 22.3 Å². The molecule has 1 heterocycles. The van der Waals surface area contributed by atoms with Gasteiger partial charge in [0.2, 0.25) is 5.91 Å². The molecule has 2 N–H and O–H groups in total. The van der Waals surface area contributed by atoms with Crippen LogP contribution in [0.3, 0.4) is 0 Å². The number of benzene rings is 1. The Hall–Kier alpha value is -2.05. The number of rotatable bonds is 5. The minimum absolute atomic E-state index is 0.0647. The third kappa shape index (κ3) is 5.25. The van der Waals surface area contributed by atoms with Crippen molar-refractivity contribution in [1.82, 2.24) is 4.90 Å². The molecule has 0 saturated heterocycles. The lowest BCUT2D eigenvalue weighted by molar-refractivity contribution is -0.118. The van der Waals surface area contributed by atoms with E-state index in [4.69, 9.17) is 11.6 Å². The number of amides is 3. The van der Waals surface area contributed by atoms with Crippen LogP contribution < -0.4 is 10.6 Å². The summed E-state index contributed by atoms with van der Waals surface area (Å²) in [5.74, 6) is -0.169. The Kier molecular flexibility index (Phi) is 6.23. The van der Waals surface area contributed by atoms with Crippen molar-refractivity contribution in [3.8, 4) is 0 Å². The molecule has 0 bridgehead atoms. The molecule has 128 valence electrons. The number of nitrogens with zero attached hydrogens (tertiary/aromatic N) is 1. The minimum Gasteiger partial charge on any atom is -0.326 e. The van der Waals surface area contributed by atoms with Crippen LogP contribution in [0, 0.1) is 5.92 Å². The first kappa shape index (κ1) is 18.3. The van der Waals surface area contributed by atoms with E-state index in [-0.39, 0.29) is 17.9 Å². The molecule has 24 heavy (non-hydrogen) atoms. The van der Waals surface area contributed by atoms with Gasteiger partial charge in [-0.05, 0) is 30.3 Å². The highest BCUT2D eigenvalue weighted by Crippen LogP contribution is 2.23. The lowest BCUT2D eigenvalue weighted by Gasteiger charge is -2.17. The van der Waals surface area contributed by atoms with Crippen LogP contribution in [0.1, 0.15) is 18.7 Å². The third-order valence-electron chi connectivity index (χ3n) is 3.27. The summed E-state index contributed by atoms with van der Waals surface area (Å²) in [6.07, 6.45) is 0. The van der Waals surface area contributed by atoms with Crippen LogP contribution in [0.2, 0.25) is 4.34 Å². The van der Waals surface area contributed by atoms with E-state index in [1.807, 2.05) is 26.0 Å². The van der Waals surface area contributed by atoms with Gasteiger partial charge in [-0.1, -0.05) is 31.5 Å². The highest BCUT2D eigenvalue weighted by atomic mass is 35.5. The van der Waals surface area contributed by atoms with Crippen molar-refractivity contribution in [2.75, 3.05) is 17.7 Å². The van der Waals surface area contributed by atoms with Crippen molar-refractivity contribution in [3.05, 3.63) is 45.6 Å². The number of halogens is 1. The lowest BCUT2D eigenvalue weighted by Crippen LogP contribution is -2.30. The van der Waals surface area contributed by atoms with Crippen molar-refractivity contribution in [2.24, 2.45) is 5.92 Å². The Morgan fingerprint density at radius 3 is 2.42 bits per heavy atom. The van der Waals surface area contributed by atoms with Gasteiger partial charge in [0.15, 0.2) is 0 Å². The van der Waals surface area contributed by atoms with Gasteiger partial charge in [0.1, 0.15) is 0 Å². The SMILES string of the molecule is CC(C)C(=O)Nc1cccc(NC(=O)N(C)Cc2ccc(Cl)s2)c1. The highest BCUT2D eigenvalue weighted by molar-refractivity contribution is 7.16. The second-order valence-electron chi connectivity index (χ2n) is 5.72. The summed E-state index contributed by atoms with van der Waals surface area (Å²) in [4.78, 5) is 26.6.